The van der Waals surface area contributed by atoms with E-state index in [2.05, 4.69) is 51.4 Å². The van der Waals surface area contributed by atoms with Crippen LogP contribution in [-0.2, 0) is 0 Å². The number of anilines is 1. The van der Waals surface area contributed by atoms with Crippen LogP contribution in [0.5, 0.6) is 5.75 Å². The van der Waals surface area contributed by atoms with Gasteiger partial charge in [-0.3, -0.25) is 4.99 Å². The SMILES string of the molecule is CN=C(NCCNC(C)(C)C)NC1CCCN(c2ccc(OC(F)F)cc2)C1.I. The van der Waals surface area contributed by atoms with Crippen LogP contribution in [0.4, 0.5) is 14.5 Å². The van der Waals surface area contributed by atoms with Gasteiger partial charge in [-0.25, -0.2) is 0 Å². The number of ether oxygens (including phenoxy) is 1. The zero-order valence-electron chi connectivity index (χ0n) is 17.7. The summed E-state index contributed by atoms with van der Waals surface area (Å²) in [5.74, 6) is 0.974. The van der Waals surface area contributed by atoms with Gasteiger partial charge in [0.15, 0.2) is 5.96 Å². The third kappa shape index (κ3) is 9.79. The first-order chi connectivity index (χ1) is 13.3. The number of halogens is 3. The summed E-state index contributed by atoms with van der Waals surface area (Å²) in [6, 6.07) is 7.09. The number of aliphatic imine (C=N–C) groups is 1. The number of guanidine groups is 1. The molecule has 0 aromatic heterocycles. The number of piperidine rings is 1. The lowest BCUT2D eigenvalue weighted by Crippen LogP contribution is -2.52. The number of nitrogens with one attached hydrogen (secondary N) is 3. The number of hydrogen-bond donors (Lipinski definition) is 3. The second-order valence-electron chi connectivity index (χ2n) is 7.98. The van der Waals surface area contributed by atoms with Crippen LogP contribution in [0.2, 0.25) is 0 Å². The topological polar surface area (TPSA) is 60.9 Å². The van der Waals surface area contributed by atoms with E-state index in [9.17, 15) is 8.78 Å². The minimum Gasteiger partial charge on any atom is -0.435 e. The molecule has 1 saturated heterocycles. The molecule has 0 bridgehead atoms. The molecule has 1 fully saturated rings. The molecule has 1 heterocycles. The van der Waals surface area contributed by atoms with Gasteiger partial charge in [0, 0.05) is 50.5 Å². The molecule has 1 aromatic rings. The lowest BCUT2D eigenvalue weighted by molar-refractivity contribution is -0.0498. The number of nitrogens with zero attached hydrogens (tertiary/aromatic N) is 2. The minimum atomic E-state index is -2.80. The summed E-state index contributed by atoms with van der Waals surface area (Å²) in [5.41, 5.74) is 1.10. The molecule has 1 aromatic carbocycles. The summed E-state index contributed by atoms with van der Waals surface area (Å²) in [6.45, 7) is 7.04. The molecule has 0 amide bonds. The summed E-state index contributed by atoms with van der Waals surface area (Å²) in [4.78, 5) is 6.57. The molecule has 0 spiro atoms. The average Bonchev–Trinajstić information content (AvgIpc) is 2.64. The van der Waals surface area contributed by atoms with Crippen molar-refractivity contribution >= 4 is 35.6 Å². The van der Waals surface area contributed by atoms with Crippen LogP contribution in [0.1, 0.15) is 33.6 Å². The highest BCUT2D eigenvalue weighted by Gasteiger charge is 2.21. The van der Waals surface area contributed by atoms with Crippen molar-refractivity contribution in [3.63, 3.8) is 0 Å². The van der Waals surface area contributed by atoms with Crippen molar-refractivity contribution in [2.75, 3.05) is 38.1 Å². The fraction of sp³-hybridized carbons (Fsp3) is 0.650. The Labute approximate surface area is 189 Å². The molecule has 6 nitrogen and oxygen atoms in total. The fourth-order valence-corrected chi connectivity index (χ4v) is 3.17. The lowest BCUT2D eigenvalue weighted by atomic mass is 10.0. The molecule has 1 unspecified atom stereocenters. The Bertz CT molecular complexity index is 622. The van der Waals surface area contributed by atoms with E-state index >= 15 is 0 Å². The summed E-state index contributed by atoms with van der Waals surface area (Å²) in [5, 5.41) is 10.3. The summed E-state index contributed by atoms with van der Waals surface area (Å²) in [7, 11) is 1.77. The van der Waals surface area contributed by atoms with Crippen LogP contribution in [0.3, 0.4) is 0 Å². The van der Waals surface area contributed by atoms with Gasteiger partial charge in [0.1, 0.15) is 5.75 Å². The first kappa shape index (κ1) is 25.7. The van der Waals surface area contributed by atoms with Crippen LogP contribution in [-0.4, -0.2) is 57.4 Å². The molecule has 1 aliphatic heterocycles. The third-order valence-electron chi connectivity index (χ3n) is 4.49. The van der Waals surface area contributed by atoms with Gasteiger partial charge in [0.05, 0.1) is 0 Å². The zero-order chi connectivity index (χ0) is 20.6. The first-order valence-corrected chi connectivity index (χ1v) is 9.79. The normalized spacial score (nSPS) is 17.7. The molecule has 0 radical (unpaired) electrons. The predicted octanol–water partition coefficient (Wildman–Crippen LogP) is 3.43. The average molecular weight is 525 g/mol. The Balaban J connectivity index is 0.00000420. The second kappa shape index (κ2) is 12.4. The van der Waals surface area contributed by atoms with Crippen LogP contribution in [0.25, 0.3) is 0 Å². The largest absolute Gasteiger partial charge is 0.435 e. The van der Waals surface area contributed by atoms with E-state index in [1.54, 1.807) is 19.2 Å². The Morgan fingerprint density at radius 1 is 1.24 bits per heavy atom. The summed E-state index contributed by atoms with van der Waals surface area (Å²) in [6.07, 6.45) is 2.11. The van der Waals surface area contributed by atoms with Crippen molar-refractivity contribution in [1.82, 2.24) is 16.0 Å². The molecule has 29 heavy (non-hydrogen) atoms. The Kier molecular flexibility index (Phi) is 10.9. The standard InChI is InChI=1S/C20H33F2N5O.HI/c1-20(2,3)25-12-11-24-19(23-4)26-15-6-5-13-27(14-15)16-7-9-17(10-8-16)28-18(21)22;/h7-10,15,18,25H,5-6,11-14H2,1-4H3,(H2,23,24,26);1H. The molecule has 1 aliphatic rings. The molecular formula is C20H34F2IN5O. The Morgan fingerprint density at radius 3 is 2.52 bits per heavy atom. The van der Waals surface area contributed by atoms with Gasteiger partial charge in [-0.2, -0.15) is 8.78 Å². The van der Waals surface area contributed by atoms with Gasteiger partial charge in [0.25, 0.3) is 0 Å². The summed E-state index contributed by atoms with van der Waals surface area (Å²) < 4.78 is 29.0. The molecule has 0 saturated carbocycles. The Hall–Kier alpha value is -1.36. The number of hydrogen-bond acceptors (Lipinski definition) is 4. The highest BCUT2D eigenvalue weighted by atomic mass is 127. The molecule has 166 valence electrons. The third-order valence-corrected chi connectivity index (χ3v) is 4.49. The van der Waals surface area contributed by atoms with E-state index in [0.717, 1.165) is 50.7 Å². The number of rotatable bonds is 7. The van der Waals surface area contributed by atoms with E-state index in [1.165, 1.54) is 0 Å². The zero-order valence-corrected chi connectivity index (χ0v) is 20.0. The van der Waals surface area contributed by atoms with Gasteiger partial charge >= 0.3 is 6.61 Å². The van der Waals surface area contributed by atoms with E-state index in [0.29, 0.717) is 0 Å². The molecule has 1 atom stereocenters. The van der Waals surface area contributed by atoms with Gasteiger partial charge < -0.3 is 25.6 Å². The van der Waals surface area contributed by atoms with Crippen molar-refractivity contribution in [2.24, 2.45) is 4.99 Å². The maximum atomic E-state index is 12.3. The fourth-order valence-electron chi connectivity index (χ4n) is 3.17. The van der Waals surface area contributed by atoms with Crippen LogP contribution >= 0.6 is 24.0 Å². The van der Waals surface area contributed by atoms with Crippen molar-refractivity contribution < 1.29 is 13.5 Å². The number of alkyl halides is 2. The highest BCUT2D eigenvalue weighted by Crippen LogP contribution is 2.23. The van der Waals surface area contributed by atoms with E-state index in [-0.39, 0.29) is 41.3 Å². The van der Waals surface area contributed by atoms with Crippen molar-refractivity contribution in [3.8, 4) is 5.75 Å². The van der Waals surface area contributed by atoms with E-state index in [4.69, 9.17) is 0 Å². The van der Waals surface area contributed by atoms with Crippen LogP contribution in [0, 0.1) is 0 Å². The monoisotopic (exact) mass is 525 g/mol. The van der Waals surface area contributed by atoms with Gasteiger partial charge in [-0.15, -0.1) is 24.0 Å². The van der Waals surface area contributed by atoms with Gasteiger partial charge in [0.2, 0.25) is 0 Å². The molecule has 9 heteroatoms. The van der Waals surface area contributed by atoms with E-state index < -0.39 is 6.61 Å². The predicted molar refractivity (Wildman–Crippen MR) is 126 cm³/mol. The van der Waals surface area contributed by atoms with Crippen LogP contribution < -0.4 is 25.6 Å². The quantitative estimate of drug-likeness (QED) is 0.221. The first-order valence-electron chi connectivity index (χ1n) is 9.79. The second-order valence-corrected chi connectivity index (χ2v) is 7.98. The molecule has 2 rings (SSSR count). The highest BCUT2D eigenvalue weighted by molar-refractivity contribution is 14.0. The Morgan fingerprint density at radius 2 is 1.93 bits per heavy atom. The van der Waals surface area contributed by atoms with Crippen molar-refractivity contribution in [3.05, 3.63) is 24.3 Å². The maximum Gasteiger partial charge on any atom is 0.387 e. The summed E-state index contributed by atoms with van der Waals surface area (Å²) >= 11 is 0. The van der Waals surface area contributed by atoms with E-state index in [1.807, 2.05) is 12.1 Å². The van der Waals surface area contributed by atoms with Crippen molar-refractivity contribution in [2.45, 2.75) is 51.8 Å². The van der Waals surface area contributed by atoms with Crippen molar-refractivity contribution in [1.29, 1.82) is 0 Å². The smallest absolute Gasteiger partial charge is 0.387 e. The molecular weight excluding hydrogens is 491 g/mol. The lowest BCUT2D eigenvalue weighted by Gasteiger charge is -2.35. The van der Waals surface area contributed by atoms with Gasteiger partial charge in [-0.1, -0.05) is 0 Å². The number of benzene rings is 1. The minimum absolute atomic E-state index is 0. The van der Waals surface area contributed by atoms with Gasteiger partial charge in [-0.05, 0) is 57.9 Å². The molecule has 3 N–H and O–H groups in total. The molecule has 0 aliphatic carbocycles. The maximum absolute atomic E-state index is 12.3. The van der Waals surface area contributed by atoms with Crippen LogP contribution in [0.15, 0.2) is 29.3 Å².